The Morgan fingerprint density at radius 1 is 1.32 bits per heavy atom. The molecule has 138 valence electrons. The standard InChI is InChI=1S/C15H21N3O7/c1-6(19)15-9(12(23)17-13(18-15)16-7(2)20)5-14(4,24)10(22)11(15)25-8(3)21/h9-11,22,24H,5H2,1-4H3,(H2,16,17,18,20,23). The Labute approximate surface area is 143 Å². The Balaban J connectivity index is 2.67. The molecular formula is C15H21N3O7. The molecule has 1 heterocycles. The lowest BCUT2D eigenvalue weighted by Crippen LogP contribution is -2.74. The number of aliphatic imine (C=N–C) groups is 1. The molecule has 1 aliphatic heterocycles. The molecule has 0 aromatic rings. The van der Waals surface area contributed by atoms with Crippen LogP contribution in [0.3, 0.4) is 0 Å². The second-order valence-corrected chi connectivity index (χ2v) is 6.60. The van der Waals surface area contributed by atoms with Gasteiger partial charge in [-0.15, -0.1) is 0 Å². The van der Waals surface area contributed by atoms with Crippen molar-refractivity contribution < 1.29 is 34.1 Å². The number of fused-ring (bicyclic) bond motifs is 1. The lowest BCUT2D eigenvalue weighted by molar-refractivity contribution is -0.206. The Bertz CT molecular complexity index is 672. The highest BCUT2D eigenvalue weighted by Crippen LogP contribution is 2.45. The first-order valence-electron chi connectivity index (χ1n) is 7.69. The first-order chi connectivity index (χ1) is 11.4. The van der Waals surface area contributed by atoms with E-state index in [0.29, 0.717) is 0 Å². The van der Waals surface area contributed by atoms with Gasteiger partial charge in [0.05, 0.1) is 11.5 Å². The second kappa shape index (κ2) is 6.19. The zero-order chi connectivity index (χ0) is 19.2. The third-order valence-corrected chi connectivity index (χ3v) is 4.51. The van der Waals surface area contributed by atoms with E-state index < -0.39 is 52.8 Å². The SMILES string of the molecule is CC(=O)NC1=NC2(C(C)=O)C(CC(C)(O)C(O)C2OC(C)=O)C(=O)N1. The molecule has 0 bridgehead atoms. The fourth-order valence-corrected chi connectivity index (χ4v) is 3.39. The highest BCUT2D eigenvalue weighted by molar-refractivity contribution is 6.10. The molecule has 2 aliphatic rings. The van der Waals surface area contributed by atoms with Gasteiger partial charge >= 0.3 is 5.97 Å². The number of carbonyl (C=O) groups is 4. The molecule has 0 saturated heterocycles. The first kappa shape index (κ1) is 19.0. The molecule has 25 heavy (non-hydrogen) atoms. The summed E-state index contributed by atoms with van der Waals surface area (Å²) in [6.07, 6.45) is -3.54. The molecule has 5 unspecified atom stereocenters. The molecule has 10 heteroatoms. The highest BCUT2D eigenvalue weighted by Gasteiger charge is 2.66. The maximum atomic E-state index is 12.5. The van der Waals surface area contributed by atoms with Gasteiger partial charge in [-0.3, -0.25) is 29.8 Å². The van der Waals surface area contributed by atoms with Crippen LogP contribution in [0.5, 0.6) is 0 Å². The number of ether oxygens (including phenoxy) is 1. The lowest BCUT2D eigenvalue weighted by atomic mass is 9.61. The quantitative estimate of drug-likeness (QED) is 0.418. The minimum absolute atomic E-state index is 0.283. The predicted molar refractivity (Wildman–Crippen MR) is 83.1 cm³/mol. The average molecular weight is 355 g/mol. The summed E-state index contributed by atoms with van der Waals surface area (Å²) in [4.78, 5) is 51.9. The van der Waals surface area contributed by atoms with Gasteiger partial charge in [0.15, 0.2) is 17.4 Å². The van der Waals surface area contributed by atoms with Crippen molar-refractivity contribution in [3.8, 4) is 0 Å². The van der Waals surface area contributed by atoms with Crippen LogP contribution in [0.2, 0.25) is 0 Å². The van der Waals surface area contributed by atoms with Crippen molar-refractivity contribution in [2.75, 3.05) is 0 Å². The second-order valence-electron chi connectivity index (χ2n) is 6.60. The summed E-state index contributed by atoms with van der Waals surface area (Å²) in [6, 6.07) is 0. The van der Waals surface area contributed by atoms with Crippen LogP contribution in [0.25, 0.3) is 0 Å². The number of esters is 1. The molecule has 2 rings (SSSR count). The number of aliphatic hydroxyl groups excluding tert-OH is 1. The van der Waals surface area contributed by atoms with Crippen molar-refractivity contribution in [1.29, 1.82) is 0 Å². The molecule has 0 aromatic carbocycles. The number of aliphatic hydroxyl groups is 2. The van der Waals surface area contributed by atoms with Crippen molar-refractivity contribution in [3.63, 3.8) is 0 Å². The van der Waals surface area contributed by atoms with E-state index in [-0.39, 0.29) is 12.4 Å². The Hall–Kier alpha value is -2.33. The summed E-state index contributed by atoms with van der Waals surface area (Å²) < 4.78 is 5.11. The van der Waals surface area contributed by atoms with Crippen LogP contribution in [-0.2, 0) is 23.9 Å². The highest BCUT2D eigenvalue weighted by atomic mass is 16.6. The molecule has 5 atom stereocenters. The number of nitrogens with one attached hydrogen (secondary N) is 2. The zero-order valence-electron chi connectivity index (χ0n) is 14.3. The molecule has 1 saturated carbocycles. The molecule has 0 spiro atoms. The van der Waals surface area contributed by atoms with Gasteiger partial charge in [0.25, 0.3) is 0 Å². The van der Waals surface area contributed by atoms with Gasteiger partial charge in [-0.1, -0.05) is 0 Å². The van der Waals surface area contributed by atoms with Crippen LogP contribution in [0, 0.1) is 5.92 Å². The number of amides is 2. The number of ketones is 1. The van der Waals surface area contributed by atoms with Gasteiger partial charge in [-0.05, 0) is 20.3 Å². The number of Topliss-reactive ketones (excluding diaryl/α,β-unsaturated/α-hetero) is 1. The summed E-state index contributed by atoms with van der Waals surface area (Å²) in [5.74, 6) is -4.15. The van der Waals surface area contributed by atoms with Crippen molar-refractivity contribution in [2.45, 2.75) is 57.5 Å². The van der Waals surface area contributed by atoms with Crippen molar-refractivity contribution in [3.05, 3.63) is 0 Å². The van der Waals surface area contributed by atoms with E-state index in [0.717, 1.165) is 13.8 Å². The maximum Gasteiger partial charge on any atom is 0.303 e. The van der Waals surface area contributed by atoms with Crippen molar-refractivity contribution >= 4 is 29.5 Å². The Morgan fingerprint density at radius 3 is 2.40 bits per heavy atom. The number of nitrogens with zero attached hydrogens (tertiary/aromatic N) is 1. The number of rotatable bonds is 2. The Morgan fingerprint density at radius 2 is 1.92 bits per heavy atom. The van der Waals surface area contributed by atoms with Crippen LogP contribution in [0.15, 0.2) is 4.99 Å². The Kier molecular flexibility index (Phi) is 4.71. The normalized spacial score (nSPS) is 37.3. The van der Waals surface area contributed by atoms with E-state index in [1.165, 1.54) is 13.8 Å². The van der Waals surface area contributed by atoms with E-state index in [4.69, 9.17) is 4.74 Å². The van der Waals surface area contributed by atoms with E-state index in [1.54, 1.807) is 0 Å². The van der Waals surface area contributed by atoms with Crippen LogP contribution in [-0.4, -0.2) is 63.1 Å². The van der Waals surface area contributed by atoms with E-state index in [1.807, 2.05) is 0 Å². The van der Waals surface area contributed by atoms with Crippen molar-refractivity contribution in [2.24, 2.45) is 10.9 Å². The first-order valence-corrected chi connectivity index (χ1v) is 7.69. The summed E-state index contributed by atoms with van der Waals surface area (Å²) >= 11 is 0. The summed E-state index contributed by atoms with van der Waals surface area (Å²) in [5, 5.41) is 25.5. The average Bonchev–Trinajstić information content (AvgIpc) is 2.44. The molecular weight excluding hydrogens is 334 g/mol. The fourth-order valence-electron chi connectivity index (χ4n) is 3.39. The minimum Gasteiger partial charge on any atom is -0.457 e. The third-order valence-electron chi connectivity index (χ3n) is 4.51. The largest absolute Gasteiger partial charge is 0.457 e. The molecule has 1 aliphatic carbocycles. The van der Waals surface area contributed by atoms with Gasteiger partial charge in [0.1, 0.15) is 6.10 Å². The van der Waals surface area contributed by atoms with Gasteiger partial charge in [0, 0.05) is 13.8 Å². The molecule has 2 amide bonds. The van der Waals surface area contributed by atoms with Gasteiger partial charge in [0.2, 0.25) is 17.8 Å². The van der Waals surface area contributed by atoms with Crippen LogP contribution < -0.4 is 10.6 Å². The molecule has 4 N–H and O–H groups in total. The number of hydrogen-bond acceptors (Lipinski definition) is 8. The predicted octanol–water partition coefficient (Wildman–Crippen LogP) is -2.00. The molecule has 1 fully saturated rings. The number of carbonyl (C=O) groups excluding carboxylic acids is 4. The summed E-state index contributed by atoms with van der Waals surface area (Å²) in [7, 11) is 0. The molecule has 0 radical (unpaired) electrons. The van der Waals surface area contributed by atoms with Gasteiger partial charge in [-0.2, -0.15) is 0 Å². The smallest absolute Gasteiger partial charge is 0.303 e. The van der Waals surface area contributed by atoms with Gasteiger partial charge in [-0.25, -0.2) is 4.99 Å². The lowest BCUT2D eigenvalue weighted by Gasteiger charge is -2.52. The maximum absolute atomic E-state index is 12.5. The van der Waals surface area contributed by atoms with Crippen LogP contribution in [0.4, 0.5) is 0 Å². The van der Waals surface area contributed by atoms with E-state index in [9.17, 15) is 29.4 Å². The van der Waals surface area contributed by atoms with Crippen LogP contribution in [0.1, 0.15) is 34.1 Å². The summed E-state index contributed by atoms with van der Waals surface area (Å²) in [5.41, 5.74) is -3.74. The van der Waals surface area contributed by atoms with E-state index >= 15 is 0 Å². The molecule has 10 nitrogen and oxygen atoms in total. The third kappa shape index (κ3) is 3.14. The number of hydrogen-bond donors (Lipinski definition) is 4. The summed E-state index contributed by atoms with van der Waals surface area (Å²) in [6.45, 7) is 4.67. The fraction of sp³-hybridized carbons (Fsp3) is 0.667. The van der Waals surface area contributed by atoms with E-state index in [2.05, 4.69) is 15.6 Å². The monoisotopic (exact) mass is 355 g/mol. The van der Waals surface area contributed by atoms with Gasteiger partial charge < -0.3 is 14.9 Å². The van der Waals surface area contributed by atoms with Crippen LogP contribution >= 0.6 is 0 Å². The molecule has 0 aromatic heterocycles. The minimum atomic E-state index is -1.95. The zero-order valence-corrected chi connectivity index (χ0v) is 14.3. The number of guanidine groups is 1. The topological polar surface area (TPSA) is 154 Å². The van der Waals surface area contributed by atoms with Crippen molar-refractivity contribution in [1.82, 2.24) is 10.6 Å².